The van der Waals surface area contributed by atoms with Gasteiger partial charge in [-0.15, -0.1) is 0 Å². The fourth-order valence-electron chi connectivity index (χ4n) is 2.48. The first-order chi connectivity index (χ1) is 10.7. The van der Waals surface area contributed by atoms with Gasteiger partial charge in [0.15, 0.2) is 0 Å². The Bertz CT molecular complexity index is 702. The molecular formula is C17H16BrNO3. The first kappa shape index (κ1) is 14.9. The molecular weight excluding hydrogens is 346 g/mol. The Morgan fingerprint density at radius 1 is 1.36 bits per heavy atom. The predicted octanol–water partition coefficient (Wildman–Crippen LogP) is 3.19. The van der Waals surface area contributed by atoms with E-state index in [4.69, 9.17) is 9.47 Å². The third kappa shape index (κ3) is 3.09. The highest BCUT2D eigenvalue weighted by atomic mass is 79.9. The summed E-state index contributed by atoms with van der Waals surface area (Å²) in [6.07, 6.45) is 0.719. The largest absolute Gasteiger partial charge is 0.497 e. The van der Waals surface area contributed by atoms with Gasteiger partial charge in [-0.05, 0) is 46.3 Å². The first-order valence-electron chi connectivity index (χ1n) is 7.03. The van der Waals surface area contributed by atoms with Gasteiger partial charge in [0.1, 0.15) is 17.6 Å². The summed E-state index contributed by atoms with van der Waals surface area (Å²) in [5.41, 5.74) is 1.74. The molecule has 2 aromatic carbocycles. The molecule has 5 heteroatoms. The molecule has 1 N–H and O–H groups in total. The fourth-order valence-corrected chi connectivity index (χ4v) is 2.95. The summed E-state index contributed by atoms with van der Waals surface area (Å²) in [5, 5.41) is 2.92. The van der Waals surface area contributed by atoms with Gasteiger partial charge in [0, 0.05) is 16.5 Å². The normalized spacial score (nSPS) is 15.8. The number of halogens is 1. The first-order valence-corrected chi connectivity index (χ1v) is 7.83. The Hall–Kier alpha value is -2.01. The van der Waals surface area contributed by atoms with Crippen molar-refractivity contribution in [2.45, 2.75) is 12.5 Å². The summed E-state index contributed by atoms with van der Waals surface area (Å²) >= 11 is 3.38. The van der Waals surface area contributed by atoms with Gasteiger partial charge >= 0.3 is 0 Å². The molecule has 114 valence electrons. The van der Waals surface area contributed by atoms with E-state index in [1.807, 2.05) is 36.4 Å². The molecule has 0 saturated heterocycles. The number of methoxy groups -OCH3 is 1. The van der Waals surface area contributed by atoms with Crippen LogP contribution in [-0.2, 0) is 6.42 Å². The van der Waals surface area contributed by atoms with Gasteiger partial charge in [0.25, 0.3) is 5.91 Å². The Kier molecular flexibility index (Phi) is 4.34. The van der Waals surface area contributed by atoms with Crippen molar-refractivity contribution in [1.29, 1.82) is 0 Å². The van der Waals surface area contributed by atoms with Crippen molar-refractivity contribution in [3.63, 3.8) is 0 Å². The van der Waals surface area contributed by atoms with E-state index in [0.29, 0.717) is 12.1 Å². The Morgan fingerprint density at radius 2 is 2.18 bits per heavy atom. The van der Waals surface area contributed by atoms with E-state index in [0.717, 1.165) is 28.0 Å². The Balaban J connectivity index is 1.60. The molecule has 0 unspecified atom stereocenters. The van der Waals surface area contributed by atoms with Crippen molar-refractivity contribution in [2.24, 2.45) is 0 Å². The summed E-state index contributed by atoms with van der Waals surface area (Å²) in [5.74, 6) is 1.57. The van der Waals surface area contributed by atoms with Crippen LogP contribution in [0.3, 0.4) is 0 Å². The lowest BCUT2D eigenvalue weighted by molar-refractivity contribution is 0.0933. The van der Waals surface area contributed by atoms with Crippen LogP contribution in [0.5, 0.6) is 11.5 Å². The molecule has 0 aromatic heterocycles. The standard InChI is InChI=1S/C17H16BrNO3/c1-21-12-6-7-16-11(8-12)9-13(22-16)10-19-17(20)14-4-2-3-5-15(14)18/h2-8,13H,9-10H2,1H3,(H,19,20)/t13-/m1/s1. The van der Waals surface area contributed by atoms with Gasteiger partial charge in [-0.1, -0.05) is 12.1 Å². The van der Waals surface area contributed by atoms with Crippen LogP contribution in [0.4, 0.5) is 0 Å². The van der Waals surface area contributed by atoms with Crippen LogP contribution in [0.15, 0.2) is 46.9 Å². The summed E-state index contributed by atoms with van der Waals surface area (Å²) in [4.78, 5) is 12.2. The van der Waals surface area contributed by atoms with Crippen LogP contribution < -0.4 is 14.8 Å². The maximum absolute atomic E-state index is 12.2. The zero-order chi connectivity index (χ0) is 15.5. The summed E-state index contributed by atoms with van der Waals surface area (Å²) < 4.78 is 11.8. The highest BCUT2D eigenvalue weighted by Gasteiger charge is 2.24. The molecule has 2 aromatic rings. The van der Waals surface area contributed by atoms with Gasteiger partial charge in [-0.2, -0.15) is 0 Å². The van der Waals surface area contributed by atoms with Crippen molar-refractivity contribution in [2.75, 3.05) is 13.7 Å². The smallest absolute Gasteiger partial charge is 0.252 e. The van der Waals surface area contributed by atoms with Crippen molar-refractivity contribution in [1.82, 2.24) is 5.32 Å². The summed E-state index contributed by atoms with van der Waals surface area (Å²) in [6.45, 7) is 0.469. The Morgan fingerprint density at radius 3 is 2.95 bits per heavy atom. The quantitative estimate of drug-likeness (QED) is 0.909. The number of hydrogen-bond donors (Lipinski definition) is 1. The van der Waals surface area contributed by atoms with E-state index in [-0.39, 0.29) is 12.0 Å². The van der Waals surface area contributed by atoms with E-state index in [9.17, 15) is 4.79 Å². The third-order valence-corrected chi connectivity index (χ3v) is 4.31. The minimum atomic E-state index is -0.107. The average molecular weight is 362 g/mol. The zero-order valence-electron chi connectivity index (χ0n) is 12.1. The number of carbonyl (C=O) groups excluding carboxylic acids is 1. The number of fused-ring (bicyclic) bond motifs is 1. The molecule has 0 aliphatic carbocycles. The van der Waals surface area contributed by atoms with E-state index in [1.165, 1.54) is 0 Å². The number of amides is 1. The van der Waals surface area contributed by atoms with Crippen molar-refractivity contribution >= 4 is 21.8 Å². The van der Waals surface area contributed by atoms with Gasteiger partial charge in [0.2, 0.25) is 0 Å². The van der Waals surface area contributed by atoms with Crippen molar-refractivity contribution in [3.05, 3.63) is 58.1 Å². The molecule has 1 aliphatic heterocycles. The second-order valence-electron chi connectivity index (χ2n) is 5.11. The molecule has 4 nitrogen and oxygen atoms in total. The summed E-state index contributed by atoms with van der Waals surface area (Å²) in [7, 11) is 1.65. The number of hydrogen-bond acceptors (Lipinski definition) is 3. The zero-order valence-corrected chi connectivity index (χ0v) is 13.7. The van der Waals surface area contributed by atoms with Gasteiger partial charge in [0.05, 0.1) is 19.2 Å². The van der Waals surface area contributed by atoms with Gasteiger partial charge in [-0.3, -0.25) is 4.79 Å². The van der Waals surface area contributed by atoms with Crippen LogP contribution in [0.25, 0.3) is 0 Å². The number of carbonyl (C=O) groups is 1. The van der Waals surface area contributed by atoms with Crippen LogP contribution in [0, 0.1) is 0 Å². The van der Waals surface area contributed by atoms with Crippen LogP contribution in [0.1, 0.15) is 15.9 Å². The highest BCUT2D eigenvalue weighted by Crippen LogP contribution is 2.31. The molecule has 1 amide bonds. The minimum absolute atomic E-state index is 0.0476. The molecule has 0 spiro atoms. The molecule has 22 heavy (non-hydrogen) atoms. The maximum atomic E-state index is 12.2. The molecule has 1 aliphatic rings. The minimum Gasteiger partial charge on any atom is -0.497 e. The average Bonchev–Trinajstić information content (AvgIpc) is 2.94. The highest BCUT2D eigenvalue weighted by molar-refractivity contribution is 9.10. The molecule has 1 heterocycles. The molecule has 0 saturated carbocycles. The lowest BCUT2D eigenvalue weighted by atomic mass is 10.1. The predicted molar refractivity (Wildman–Crippen MR) is 87.6 cm³/mol. The van der Waals surface area contributed by atoms with Crippen LogP contribution in [-0.4, -0.2) is 25.7 Å². The van der Waals surface area contributed by atoms with Crippen molar-refractivity contribution < 1.29 is 14.3 Å². The van der Waals surface area contributed by atoms with Crippen LogP contribution >= 0.6 is 15.9 Å². The van der Waals surface area contributed by atoms with E-state index >= 15 is 0 Å². The number of ether oxygens (including phenoxy) is 2. The number of nitrogens with one attached hydrogen (secondary N) is 1. The second-order valence-corrected chi connectivity index (χ2v) is 5.96. The Labute approximate surface area is 137 Å². The van der Waals surface area contributed by atoms with Gasteiger partial charge in [-0.25, -0.2) is 0 Å². The molecule has 0 radical (unpaired) electrons. The second kappa shape index (κ2) is 6.40. The molecule has 3 rings (SSSR count). The number of benzene rings is 2. The fraction of sp³-hybridized carbons (Fsp3) is 0.235. The van der Waals surface area contributed by atoms with E-state index in [2.05, 4.69) is 21.2 Å². The lowest BCUT2D eigenvalue weighted by Crippen LogP contribution is -2.34. The number of rotatable bonds is 4. The maximum Gasteiger partial charge on any atom is 0.252 e. The third-order valence-electron chi connectivity index (χ3n) is 3.62. The van der Waals surface area contributed by atoms with Crippen molar-refractivity contribution in [3.8, 4) is 11.5 Å². The SMILES string of the molecule is COc1ccc2c(c1)C[C@H](CNC(=O)c1ccccc1Br)O2. The topological polar surface area (TPSA) is 47.6 Å². The lowest BCUT2D eigenvalue weighted by Gasteiger charge is -2.12. The van der Waals surface area contributed by atoms with Crippen LogP contribution in [0.2, 0.25) is 0 Å². The van der Waals surface area contributed by atoms with E-state index < -0.39 is 0 Å². The molecule has 0 bridgehead atoms. The summed E-state index contributed by atoms with van der Waals surface area (Å²) in [6, 6.07) is 13.1. The van der Waals surface area contributed by atoms with E-state index in [1.54, 1.807) is 13.2 Å². The molecule has 0 fully saturated rings. The monoisotopic (exact) mass is 361 g/mol. The van der Waals surface area contributed by atoms with Gasteiger partial charge < -0.3 is 14.8 Å². The molecule has 1 atom stereocenters.